The molecule has 3 heterocycles. The molecule has 14 atom stereocenters. The van der Waals surface area contributed by atoms with Crippen LogP contribution in [0.1, 0.15) is 133 Å². The first-order chi connectivity index (χ1) is 62.7. The summed E-state index contributed by atoms with van der Waals surface area (Å²) in [4.78, 5) is 270. The molecule has 0 bridgehead atoms. The lowest BCUT2D eigenvalue weighted by molar-refractivity contribution is -0.142. The van der Waals surface area contributed by atoms with E-state index >= 15 is 0 Å². The first-order valence-corrected chi connectivity index (χ1v) is 42.7. The zero-order valence-electron chi connectivity index (χ0n) is 73.7. The molecule has 0 aliphatic heterocycles. The Morgan fingerprint density at radius 3 is 1.17 bits per heavy atom. The summed E-state index contributed by atoms with van der Waals surface area (Å²) in [6.45, 7) is 7.70. The number of carbonyl (C=O) groups is 18. The van der Waals surface area contributed by atoms with E-state index < -0.39 is 267 Å². The Hall–Kier alpha value is -14.6. The number of carboxylic acid groups (broad SMARTS) is 3. The summed E-state index contributed by atoms with van der Waals surface area (Å²) in [5.74, 6) is -22.1. The quantitative estimate of drug-likeness (QED) is 0.0159. The fraction of sp³-hybridized carbons (Fsp3) is 0.477. The van der Waals surface area contributed by atoms with Gasteiger partial charge in [0.2, 0.25) is 88.6 Å². The summed E-state index contributed by atoms with van der Waals surface area (Å²) >= 11 is 0. The fourth-order valence-electron chi connectivity index (χ4n) is 13.5. The lowest BCUT2D eigenvalue weighted by Gasteiger charge is -2.29. The highest BCUT2D eigenvalue weighted by molar-refractivity contribution is 6.01. The highest BCUT2D eigenvalue weighted by Gasteiger charge is 2.40. The van der Waals surface area contributed by atoms with E-state index in [9.17, 15) is 112 Å². The van der Waals surface area contributed by atoms with Crippen molar-refractivity contribution < 1.29 is 112 Å². The molecule has 3 aromatic carbocycles. The van der Waals surface area contributed by atoms with Crippen molar-refractivity contribution in [3.8, 4) is 5.75 Å². The second-order valence-corrected chi connectivity index (χ2v) is 32.5. The maximum Gasteiger partial charge on any atom is 0.326 e. The monoisotopic (exact) mass is 1840 g/mol. The van der Waals surface area contributed by atoms with E-state index in [1.807, 2.05) is 0 Å². The number of aliphatic carboxylic acids is 3. The molecule has 15 amide bonds. The lowest BCUT2D eigenvalue weighted by atomic mass is 9.98. The van der Waals surface area contributed by atoms with Crippen molar-refractivity contribution in [1.82, 2.24) is 104 Å². The van der Waals surface area contributed by atoms with Crippen LogP contribution in [0.2, 0.25) is 0 Å². The number of nitrogens with one attached hydrogen (secondary N) is 17. The molecule has 0 spiro atoms. The Balaban J connectivity index is 1.19. The summed E-state index contributed by atoms with van der Waals surface area (Å²) in [5, 5.41) is 84.7. The maximum atomic E-state index is 15.0. The van der Waals surface area contributed by atoms with Gasteiger partial charge >= 0.3 is 17.9 Å². The van der Waals surface area contributed by atoms with E-state index in [1.54, 1.807) is 88.4 Å². The molecular weight excluding hydrogens is 1720 g/mol. The summed E-state index contributed by atoms with van der Waals surface area (Å²) < 4.78 is 0. The first kappa shape index (κ1) is 106. The molecule has 3 aromatic heterocycles. The summed E-state index contributed by atoms with van der Waals surface area (Å²) in [7, 11) is 0. The highest BCUT2D eigenvalue weighted by Crippen LogP contribution is 2.18. The predicted molar refractivity (Wildman–Crippen MR) is 469 cm³/mol. The predicted octanol–water partition coefficient (Wildman–Crippen LogP) is -4.77. The number of nitrogens with two attached hydrogens (primary N) is 3. The van der Waals surface area contributed by atoms with Crippen LogP contribution in [-0.4, -0.2) is 266 Å². The lowest BCUT2D eigenvalue weighted by Crippen LogP contribution is -2.62. The molecule has 0 fully saturated rings. The van der Waals surface area contributed by atoms with Gasteiger partial charge in [-0.15, -0.1) is 0 Å². The van der Waals surface area contributed by atoms with Gasteiger partial charge in [0.05, 0.1) is 61.7 Å². The van der Waals surface area contributed by atoms with Gasteiger partial charge in [0.1, 0.15) is 84.3 Å². The Morgan fingerprint density at radius 1 is 0.379 bits per heavy atom. The second kappa shape index (κ2) is 54.0. The molecule has 6 aromatic rings. The van der Waals surface area contributed by atoms with Crippen LogP contribution in [0, 0.1) is 17.8 Å². The Kier molecular flexibility index (Phi) is 43.5. The van der Waals surface area contributed by atoms with Gasteiger partial charge in [-0.2, -0.15) is 0 Å². The number of phenolic OH excluding ortho intramolecular Hbond substituents is 1. The molecule has 46 nitrogen and oxygen atoms in total. The van der Waals surface area contributed by atoms with Gasteiger partial charge in [0, 0.05) is 70.0 Å². The normalized spacial score (nSPS) is 14.4. The Morgan fingerprint density at radius 2 is 0.750 bits per heavy atom. The molecule has 0 radical (unpaired) electrons. The van der Waals surface area contributed by atoms with Gasteiger partial charge in [-0.3, -0.25) is 81.5 Å². The number of hydrogen-bond donors (Lipinski definition) is 25. The number of benzene rings is 3. The zero-order valence-corrected chi connectivity index (χ0v) is 73.7. The van der Waals surface area contributed by atoms with E-state index in [0.717, 1.165) is 0 Å². The molecule has 0 saturated heterocycles. The second-order valence-electron chi connectivity index (χ2n) is 32.5. The maximum absolute atomic E-state index is 15.0. The zero-order chi connectivity index (χ0) is 97.3. The van der Waals surface area contributed by atoms with Crippen molar-refractivity contribution >= 4 is 107 Å². The van der Waals surface area contributed by atoms with Crippen LogP contribution in [0.3, 0.4) is 0 Å². The molecular formula is C86H119N23O23. The number of aliphatic hydroxyl groups excluding tert-OH is 1. The standard InChI is InChI=1S/C86H119N23O23/c1-45(2)29-59(83(128)109-72(47(5)6)84(129)104-61(30-48-15-9-7-10-16-48)79(124)106-65(86(131)132)32-49-17-11-8-12-18-49)102-75(120)56(19-13-14-28-87)98-76(121)57(24-26-67(89)112)99-80(125)62(34-52-38-91-43-95-52)103-81(126)63(35-53-39-92-44-96-53)105-85(130)71(46(3)4)108-77(122)58(25-27-69(114)115)100-78(123)60(31-50-20-22-54(111)23-21-50)97-68(113)40-93-74(119)66(41-110)107-82(127)64(36-70(116)117)101-73(118)55(88)33-51-37-90-42-94-51/h7-12,15-18,20-23,37-39,42-47,55-66,71-72,110-111H,13-14,19,24-36,40-41,87-88H2,1-6H3,(H2,89,112)(H,90,94)(H,91,95)(H,92,96)(H,93,119)(H,97,113)(H,98,121)(H,99,125)(H,100,123)(H,101,118)(H,102,120)(H,103,126)(H,104,129)(H,105,130)(H,106,124)(H,107,127)(H,108,122)(H,109,128)(H,114,115)(H,116,117)(H,131,132). The molecule has 0 aliphatic carbocycles. The smallest absolute Gasteiger partial charge is 0.326 e. The number of amides is 15. The number of primary amides is 1. The summed E-state index contributed by atoms with van der Waals surface area (Å²) in [6.07, 6.45) is 3.26. The fourth-order valence-corrected chi connectivity index (χ4v) is 13.5. The Bertz CT molecular complexity index is 4830. The van der Waals surface area contributed by atoms with E-state index in [1.165, 1.54) is 75.7 Å². The summed E-state index contributed by atoms with van der Waals surface area (Å²) in [5.41, 5.74) is 19.6. The number of nitrogens with zero attached hydrogens (tertiary/aromatic N) is 3. The number of hydrogen-bond acceptors (Lipinski definition) is 25. The van der Waals surface area contributed by atoms with E-state index in [0.29, 0.717) is 23.2 Å². The minimum Gasteiger partial charge on any atom is -0.508 e. The van der Waals surface area contributed by atoms with Gasteiger partial charge in [-0.25, -0.2) is 19.7 Å². The average molecular weight is 1840 g/mol. The van der Waals surface area contributed by atoms with Crippen LogP contribution in [0.15, 0.2) is 123 Å². The minimum absolute atomic E-state index is 0.0384. The van der Waals surface area contributed by atoms with Crippen molar-refractivity contribution in [3.05, 3.63) is 156 Å². The largest absolute Gasteiger partial charge is 0.508 e. The number of imidazole rings is 3. The van der Waals surface area contributed by atoms with E-state index in [-0.39, 0.29) is 73.7 Å². The number of carbonyl (C=O) groups excluding carboxylic acids is 15. The molecule has 6 rings (SSSR count). The number of aromatic hydroxyl groups is 1. The Labute approximate surface area is 758 Å². The SMILES string of the molecule is CC(C)CC(NC(=O)C(CCCCN)NC(=O)C(CCC(N)=O)NC(=O)C(Cc1c[nH]cn1)NC(=O)C(Cc1c[nH]cn1)NC(=O)C(NC(=O)C(CCC(=O)O)NC(=O)C(Cc1ccc(O)cc1)NC(=O)CNC(=O)C(CO)NC(=O)C(CC(=O)O)NC(=O)C(N)Cc1c[nH]cn1)C(C)C)C(=O)NC(C(=O)NC(Cc1ccccc1)C(=O)NC(Cc1ccccc1)C(=O)O)C(C)C. The topological polar surface area (TPSA) is 741 Å². The molecule has 0 saturated carbocycles. The van der Waals surface area contributed by atoms with Crippen LogP contribution in [-0.2, 0) is 125 Å². The van der Waals surface area contributed by atoms with Gasteiger partial charge in [0.15, 0.2) is 0 Å². The third-order valence-corrected chi connectivity index (χ3v) is 20.6. The van der Waals surface area contributed by atoms with Crippen LogP contribution in [0.4, 0.5) is 0 Å². The third kappa shape index (κ3) is 36.9. The number of H-pyrrole nitrogens is 3. The molecule has 132 heavy (non-hydrogen) atoms. The summed E-state index contributed by atoms with van der Waals surface area (Å²) in [6, 6.07) is -0.114. The molecule has 28 N–H and O–H groups in total. The number of unbranched alkanes of at least 4 members (excludes halogenated alkanes) is 1. The van der Waals surface area contributed by atoms with Crippen molar-refractivity contribution in [3.63, 3.8) is 0 Å². The average Bonchev–Trinajstić information content (AvgIpc) is 1.02. The van der Waals surface area contributed by atoms with Gasteiger partial charge in [-0.05, 0) is 91.6 Å². The number of rotatable bonds is 58. The molecule has 14 unspecified atom stereocenters. The van der Waals surface area contributed by atoms with Gasteiger partial charge in [0.25, 0.3) is 0 Å². The minimum atomic E-state index is -1.88. The molecule has 46 heteroatoms. The van der Waals surface area contributed by atoms with Crippen LogP contribution in [0.25, 0.3) is 0 Å². The van der Waals surface area contributed by atoms with Gasteiger partial charge in [-0.1, -0.05) is 114 Å². The number of aromatic amines is 3. The van der Waals surface area contributed by atoms with Crippen molar-refractivity contribution in [2.75, 3.05) is 19.7 Å². The highest BCUT2D eigenvalue weighted by atomic mass is 16.4. The number of carboxylic acids is 3. The van der Waals surface area contributed by atoms with Crippen LogP contribution < -0.4 is 91.6 Å². The van der Waals surface area contributed by atoms with E-state index in [2.05, 4.69) is 104 Å². The van der Waals surface area contributed by atoms with Crippen LogP contribution >= 0.6 is 0 Å². The van der Waals surface area contributed by atoms with E-state index in [4.69, 9.17) is 17.2 Å². The van der Waals surface area contributed by atoms with Crippen molar-refractivity contribution in [2.24, 2.45) is 35.0 Å². The number of aromatic nitrogens is 6. The van der Waals surface area contributed by atoms with Crippen molar-refractivity contribution in [1.29, 1.82) is 0 Å². The number of aliphatic hydroxyl groups is 1. The van der Waals surface area contributed by atoms with Crippen molar-refractivity contribution in [2.45, 2.75) is 222 Å². The van der Waals surface area contributed by atoms with Crippen LogP contribution in [0.5, 0.6) is 5.75 Å². The third-order valence-electron chi connectivity index (χ3n) is 20.6. The van der Waals surface area contributed by atoms with Gasteiger partial charge < -0.3 is 132 Å². The molecule has 0 aliphatic rings. The first-order valence-electron chi connectivity index (χ1n) is 42.7. The number of phenols is 1. The molecule has 716 valence electrons.